The highest BCUT2D eigenvalue weighted by molar-refractivity contribution is 5.73. The van der Waals surface area contributed by atoms with E-state index in [1.807, 2.05) is 0 Å². The number of carboxylic acid groups (broad SMARTS) is 1. The minimum absolute atomic E-state index is 0.0633. The van der Waals surface area contributed by atoms with E-state index in [4.69, 9.17) is 5.11 Å². The molecule has 4 heteroatoms. The van der Waals surface area contributed by atoms with Crippen LogP contribution in [0.1, 0.15) is 12.0 Å². The maximum Gasteiger partial charge on any atom is 0.307 e. The fraction of sp³-hybridized carbons (Fsp3) is 0.0909. The number of nitrogens with zero attached hydrogens (tertiary/aromatic N) is 1. The van der Waals surface area contributed by atoms with Gasteiger partial charge in [0, 0.05) is 5.56 Å². The third kappa shape index (κ3) is 3.27. The molecule has 78 valence electrons. The van der Waals surface area contributed by atoms with Crippen molar-refractivity contribution in [2.75, 3.05) is 0 Å². The van der Waals surface area contributed by atoms with Gasteiger partial charge in [0.15, 0.2) is 0 Å². The monoisotopic (exact) mass is 205 g/mol. The molecule has 1 aromatic rings. The Morgan fingerprint density at radius 1 is 1.53 bits per heavy atom. The SMILES string of the molecule is C=Nc1ccc(O)cc1/C=C\CC(=O)O. The summed E-state index contributed by atoms with van der Waals surface area (Å²) in [5.41, 5.74) is 1.25. The zero-order chi connectivity index (χ0) is 11.3. The first kappa shape index (κ1) is 11.0. The summed E-state index contributed by atoms with van der Waals surface area (Å²) in [4.78, 5) is 14.0. The van der Waals surface area contributed by atoms with Crippen molar-refractivity contribution in [3.63, 3.8) is 0 Å². The predicted molar refractivity (Wildman–Crippen MR) is 58.6 cm³/mol. The normalized spacial score (nSPS) is 10.4. The fourth-order valence-electron chi connectivity index (χ4n) is 1.11. The van der Waals surface area contributed by atoms with Crippen molar-refractivity contribution in [3.05, 3.63) is 29.8 Å². The first-order valence-corrected chi connectivity index (χ1v) is 4.31. The van der Waals surface area contributed by atoms with E-state index in [-0.39, 0.29) is 12.2 Å². The number of carbonyl (C=O) groups is 1. The molecule has 0 amide bonds. The smallest absolute Gasteiger partial charge is 0.307 e. The number of phenols is 1. The maximum atomic E-state index is 10.3. The molecular weight excluding hydrogens is 194 g/mol. The Bertz CT molecular complexity index is 410. The van der Waals surface area contributed by atoms with Gasteiger partial charge in [0.2, 0.25) is 0 Å². The van der Waals surface area contributed by atoms with Gasteiger partial charge in [-0.2, -0.15) is 0 Å². The molecule has 2 N–H and O–H groups in total. The molecule has 0 bridgehead atoms. The summed E-state index contributed by atoms with van der Waals surface area (Å²) in [6.07, 6.45) is 3.02. The van der Waals surface area contributed by atoms with E-state index in [2.05, 4.69) is 11.7 Å². The van der Waals surface area contributed by atoms with Gasteiger partial charge >= 0.3 is 5.97 Å². The lowest BCUT2D eigenvalue weighted by Crippen LogP contribution is -1.89. The maximum absolute atomic E-state index is 10.3. The van der Waals surface area contributed by atoms with Crippen LogP contribution in [0.4, 0.5) is 5.69 Å². The van der Waals surface area contributed by atoms with Crippen LogP contribution in [-0.2, 0) is 4.79 Å². The molecule has 0 saturated carbocycles. The summed E-state index contributed by atoms with van der Waals surface area (Å²) < 4.78 is 0. The number of aliphatic imine (C=N–C) groups is 1. The van der Waals surface area contributed by atoms with Gasteiger partial charge in [-0.1, -0.05) is 12.2 Å². The first-order chi connectivity index (χ1) is 7.13. The lowest BCUT2D eigenvalue weighted by molar-refractivity contribution is -0.135. The van der Waals surface area contributed by atoms with Gasteiger partial charge in [-0.3, -0.25) is 9.79 Å². The number of hydrogen-bond donors (Lipinski definition) is 2. The Morgan fingerprint density at radius 3 is 2.87 bits per heavy atom. The van der Waals surface area contributed by atoms with Crippen molar-refractivity contribution in [2.24, 2.45) is 4.99 Å². The minimum Gasteiger partial charge on any atom is -0.508 e. The average Bonchev–Trinajstić information content (AvgIpc) is 2.17. The molecule has 1 rings (SSSR count). The van der Waals surface area contributed by atoms with Crippen LogP contribution in [0.15, 0.2) is 29.3 Å². The summed E-state index contributed by atoms with van der Waals surface area (Å²) >= 11 is 0. The second-order valence-corrected chi connectivity index (χ2v) is 2.90. The van der Waals surface area contributed by atoms with Crippen LogP contribution in [0, 0.1) is 0 Å². The Morgan fingerprint density at radius 2 is 2.27 bits per heavy atom. The van der Waals surface area contributed by atoms with E-state index in [1.165, 1.54) is 18.2 Å². The molecular formula is C11H11NO3. The van der Waals surface area contributed by atoms with Crippen LogP contribution in [0.25, 0.3) is 6.08 Å². The van der Waals surface area contributed by atoms with Crippen molar-refractivity contribution in [1.29, 1.82) is 0 Å². The molecule has 0 aromatic heterocycles. The van der Waals surface area contributed by atoms with Gasteiger partial charge in [-0.15, -0.1) is 0 Å². The van der Waals surface area contributed by atoms with Crippen LogP contribution >= 0.6 is 0 Å². The van der Waals surface area contributed by atoms with Crippen LogP contribution < -0.4 is 0 Å². The van der Waals surface area contributed by atoms with E-state index in [0.29, 0.717) is 11.3 Å². The summed E-state index contributed by atoms with van der Waals surface area (Å²) in [5.74, 6) is -0.795. The standard InChI is InChI=1S/C11H11NO3/c1-12-10-6-5-9(13)7-8(10)3-2-4-11(14)15/h2-3,5-7,13H,1,4H2,(H,14,15)/b3-2-. The Kier molecular flexibility index (Phi) is 3.62. The molecule has 0 aliphatic heterocycles. The van der Waals surface area contributed by atoms with Crippen molar-refractivity contribution >= 4 is 24.5 Å². The molecule has 15 heavy (non-hydrogen) atoms. The van der Waals surface area contributed by atoms with E-state index in [1.54, 1.807) is 12.1 Å². The van der Waals surface area contributed by atoms with Gasteiger partial charge in [-0.25, -0.2) is 0 Å². The average molecular weight is 205 g/mol. The number of hydrogen-bond acceptors (Lipinski definition) is 3. The summed E-state index contributed by atoms with van der Waals surface area (Å²) in [7, 11) is 0. The van der Waals surface area contributed by atoms with Crippen molar-refractivity contribution < 1.29 is 15.0 Å². The van der Waals surface area contributed by atoms with E-state index in [0.717, 1.165) is 0 Å². The van der Waals surface area contributed by atoms with Gasteiger partial charge in [-0.05, 0) is 24.9 Å². The topological polar surface area (TPSA) is 69.9 Å². The molecule has 0 atom stereocenters. The first-order valence-electron chi connectivity index (χ1n) is 4.31. The molecule has 0 heterocycles. The van der Waals surface area contributed by atoms with Gasteiger partial charge < -0.3 is 10.2 Å². The highest BCUT2D eigenvalue weighted by atomic mass is 16.4. The van der Waals surface area contributed by atoms with Crippen LogP contribution in [0.5, 0.6) is 5.75 Å². The van der Waals surface area contributed by atoms with Crippen LogP contribution in [-0.4, -0.2) is 22.9 Å². The molecule has 0 unspecified atom stereocenters. The number of benzene rings is 1. The van der Waals surface area contributed by atoms with Crippen molar-refractivity contribution in [1.82, 2.24) is 0 Å². The molecule has 0 radical (unpaired) electrons. The molecule has 0 fully saturated rings. The highest BCUT2D eigenvalue weighted by Gasteiger charge is 1.98. The number of carboxylic acids is 1. The summed E-state index contributed by atoms with van der Waals surface area (Å²) in [5, 5.41) is 17.7. The van der Waals surface area contributed by atoms with Gasteiger partial charge in [0.25, 0.3) is 0 Å². The number of aromatic hydroxyl groups is 1. The molecule has 0 spiro atoms. The number of phenolic OH excluding ortho intramolecular Hbond substituents is 1. The molecule has 1 aromatic carbocycles. The summed E-state index contributed by atoms with van der Waals surface area (Å²) in [6, 6.07) is 4.61. The minimum atomic E-state index is -0.903. The molecule has 0 aliphatic rings. The second-order valence-electron chi connectivity index (χ2n) is 2.90. The zero-order valence-electron chi connectivity index (χ0n) is 8.05. The van der Waals surface area contributed by atoms with Crippen LogP contribution in [0.3, 0.4) is 0 Å². The number of rotatable bonds is 4. The lowest BCUT2D eigenvalue weighted by Gasteiger charge is -2.00. The molecule has 0 saturated heterocycles. The quantitative estimate of drug-likeness (QED) is 0.740. The van der Waals surface area contributed by atoms with Gasteiger partial charge in [0.1, 0.15) is 5.75 Å². The fourth-order valence-corrected chi connectivity index (χ4v) is 1.11. The van der Waals surface area contributed by atoms with Crippen LogP contribution in [0.2, 0.25) is 0 Å². The largest absolute Gasteiger partial charge is 0.508 e. The van der Waals surface area contributed by atoms with E-state index < -0.39 is 5.97 Å². The molecule has 0 aliphatic carbocycles. The Balaban J connectivity index is 2.91. The van der Waals surface area contributed by atoms with Crippen molar-refractivity contribution in [3.8, 4) is 5.75 Å². The highest BCUT2D eigenvalue weighted by Crippen LogP contribution is 2.24. The zero-order valence-corrected chi connectivity index (χ0v) is 8.05. The third-order valence-corrected chi connectivity index (χ3v) is 1.77. The Labute approximate surface area is 87.2 Å². The predicted octanol–water partition coefficient (Wildman–Crippen LogP) is 2.21. The Hall–Kier alpha value is -2.10. The van der Waals surface area contributed by atoms with E-state index >= 15 is 0 Å². The number of aliphatic carboxylic acids is 1. The van der Waals surface area contributed by atoms with E-state index in [9.17, 15) is 9.90 Å². The second kappa shape index (κ2) is 4.95. The molecule has 4 nitrogen and oxygen atoms in total. The summed E-state index contributed by atoms with van der Waals surface area (Å²) in [6.45, 7) is 3.38. The van der Waals surface area contributed by atoms with Crippen molar-refractivity contribution in [2.45, 2.75) is 6.42 Å². The third-order valence-electron chi connectivity index (χ3n) is 1.77. The lowest BCUT2D eigenvalue weighted by atomic mass is 10.1. The van der Waals surface area contributed by atoms with Gasteiger partial charge in [0.05, 0.1) is 12.1 Å².